The van der Waals surface area contributed by atoms with Gasteiger partial charge in [0.05, 0.1) is 16.6 Å². The van der Waals surface area contributed by atoms with Crippen molar-refractivity contribution in [1.82, 2.24) is 0 Å². The Balaban J connectivity index is 2.10. The third-order valence-corrected chi connectivity index (χ3v) is 4.54. The Kier molecular flexibility index (Phi) is 2.94. The Morgan fingerprint density at radius 3 is 2.89 bits per heavy atom. The van der Waals surface area contributed by atoms with Crippen molar-refractivity contribution in [3.8, 4) is 0 Å². The highest BCUT2D eigenvalue weighted by Gasteiger charge is 2.42. The van der Waals surface area contributed by atoms with Gasteiger partial charge in [0.1, 0.15) is 0 Å². The van der Waals surface area contributed by atoms with Gasteiger partial charge in [-0.3, -0.25) is 4.79 Å². The summed E-state index contributed by atoms with van der Waals surface area (Å²) >= 11 is 6.19. The predicted molar refractivity (Wildman–Crippen MR) is 71.2 cm³/mol. The number of rotatable bonds is 1. The first-order valence-electron chi connectivity index (χ1n) is 6.46. The minimum Gasteiger partial charge on any atom is -0.481 e. The van der Waals surface area contributed by atoms with E-state index in [2.05, 4.69) is 5.32 Å². The van der Waals surface area contributed by atoms with E-state index < -0.39 is 11.9 Å². The minimum absolute atomic E-state index is 0.196. The second-order valence-corrected chi connectivity index (χ2v) is 5.63. The molecule has 2 aliphatic rings. The molecule has 3 nitrogen and oxygen atoms in total. The molecule has 0 amide bonds. The standard InChI is InChI=1S/C14H16ClNO2/c15-10-6-3-5-9-12(14(17)18)8-4-1-2-7-11(8)16-13(9)10/h3,5-6,8,11-12,16H,1-2,4,7H2,(H,17,18). The summed E-state index contributed by atoms with van der Waals surface area (Å²) in [5.74, 6) is -0.940. The number of hydrogen-bond acceptors (Lipinski definition) is 2. The van der Waals surface area contributed by atoms with Crippen LogP contribution in [-0.4, -0.2) is 17.1 Å². The molecule has 2 N–H and O–H groups in total. The summed E-state index contributed by atoms with van der Waals surface area (Å²) in [7, 11) is 0. The number of carboxylic acids is 1. The van der Waals surface area contributed by atoms with Crippen LogP contribution in [0.25, 0.3) is 0 Å². The van der Waals surface area contributed by atoms with Gasteiger partial charge in [0, 0.05) is 6.04 Å². The van der Waals surface area contributed by atoms with E-state index >= 15 is 0 Å². The van der Waals surface area contributed by atoms with Crippen molar-refractivity contribution < 1.29 is 9.90 Å². The van der Waals surface area contributed by atoms with Gasteiger partial charge in [-0.25, -0.2) is 0 Å². The summed E-state index contributed by atoms with van der Waals surface area (Å²) in [6.07, 6.45) is 4.32. The molecule has 1 aliphatic carbocycles. The van der Waals surface area contributed by atoms with Crippen molar-refractivity contribution in [2.24, 2.45) is 5.92 Å². The lowest BCUT2D eigenvalue weighted by molar-refractivity contribution is -0.140. The van der Waals surface area contributed by atoms with E-state index in [4.69, 9.17) is 11.6 Å². The Bertz CT molecular complexity index is 489. The van der Waals surface area contributed by atoms with Gasteiger partial charge in [0.15, 0.2) is 0 Å². The first kappa shape index (κ1) is 11.8. The molecule has 0 bridgehead atoms. The molecule has 1 aromatic carbocycles. The molecule has 0 aromatic heterocycles. The van der Waals surface area contributed by atoms with E-state index in [1.807, 2.05) is 18.2 Å². The van der Waals surface area contributed by atoms with Gasteiger partial charge in [-0.2, -0.15) is 0 Å². The molecular weight excluding hydrogens is 250 g/mol. The second-order valence-electron chi connectivity index (χ2n) is 5.22. The third kappa shape index (κ3) is 1.77. The largest absolute Gasteiger partial charge is 0.481 e. The van der Waals surface area contributed by atoms with Crippen LogP contribution in [0.15, 0.2) is 18.2 Å². The number of halogens is 1. The number of para-hydroxylation sites is 1. The first-order valence-corrected chi connectivity index (χ1v) is 6.84. The quantitative estimate of drug-likeness (QED) is 0.817. The molecule has 96 valence electrons. The summed E-state index contributed by atoms with van der Waals surface area (Å²) in [5, 5.41) is 13.6. The smallest absolute Gasteiger partial charge is 0.311 e. The fraction of sp³-hybridized carbons (Fsp3) is 0.500. The van der Waals surface area contributed by atoms with Crippen LogP contribution in [0.1, 0.15) is 37.2 Å². The average molecular weight is 266 g/mol. The van der Waals surface area contributed by atoms with E-state index in [1.54, 1.807) is 0 Å². The Morgan fingerprint density at radius 1 is 1.33 bits per heavy atom. The number of carbonyl (C=O) groups is 1. The van der Waals surface area contributed by atoms with Crippen molar-refractivity contribution in [2.45, 2.75) is 37.6 Å². The number of carboxylic acid groups (broad SMARTS) is 1. The molecule has 1 heterocycles. The molecule has 0 saturated heterocycles. The van der Waals surface area contributed by atoms with Crippen molar-refractivity contribution in [2.75, 3.05) is 5.32 Å². The monoisotopic (exact) mass is 265 g/mol. The van der Waals surface area contributed by atoms with Crippen LogP contribution in [-0.2, 0) is 4.79 Å². The van der Waals surface area contributed by atoms with E-state index in [0.29, 0.717) is 5.02 Å². The molecule has 3 rings (SSSR count). The molecule has 18 heavy (non-hydrogen) atoms. The molecule has 0 radical (unpaired) electrons. The Morgan fingerprint density at radius 2 is 2.11 bits per heavy atom. The van der Waals surface area contributed by atoms with Gasteiger partial charge < -0.3 is 10.4 Å². The van der Waals surface area contributed by atoms with E-state index in [-0.39, 0.29) is 12.0 Å². The van der Waals surface area contributed by atoms with Gasteiger partial charge in [0.2, 0.25) is 0 Å². The zero-order valence-corrected chi connectivity index (χ0v) is 10.8. The zero-order chi connectivity index (χ0) is 12.7. The topological polar surface area (TPSA) is 49.3 Å². The maximum atomic E-state index is 11.6. The zero-order valence-electron chi connectivity index (χ0n) is 10.0. The van der Waals surface area contributed by atoms with Gasteiger partial charge >= 0.3 is 5.97 Å². The van der Waals surface area contributed by atoms with Crippen molar-refractivity contribution in [3.63, 3.8) is 0 Å². The summed E-state index contributed by atoms with van der Waals surface area (Å²) < 4.78 is 0. The summed E-state index contributed by atoms with van der Waals surface area (Å²) in [6, 6.07) is 5.79. The lowest BCUT2D eigenvalue weighted by Gasteiger charge is -2.42. The lowest BCUT2D eigenvalue weighted by atomic mass is 9.71. The molecule has 0 spiro atoms. The van der Waals surface area contributed by atoms with E-state index in [0.717, 1.165) is 30.5 Å². The average Bonchev–Trinajstić information content (AvgIpc) is 2.36. The molecule has 1 aliphatic heterocycles. The maximum absolute atomic E-state index is 11.6. The third-order valence-electron chi connectivity index (χ3n) is 4.22. The minimum atomic E-state index is -0.725. The van der Waals surface area contributed by atoms with Crippen LogP contribution in [0.3, 0.4) is 0 Å². The number of anilines is 1. The molecule has 4 heteroatoms. The van der Waals surface area contributed by atoms with Crippen molar-refractivity contribution in [1.29, 1.82) is 0 Å². The van der Waals surface area contributed by atoms with Crippen LogP contribution in [0, 0.1) is 5.92 Å². The van der Waals surface area contributed by atoms with Crippen LogP contribution in [0.5, 0.6) is 0 Å². The van der Waals surface area contributed by atoms with Crippen LogP contribution in [0.2, 0.25) is 5.02 Å². The highest BCUT2D eigenvalue weighted by atomic mass is 35.5. The first-order chi connectivity index (χ1) is 8.68. The van der Waals surface area contributed by atoms with E-state index in [1.165, 1.54) is 6.42 Å². The van der Waals surface area contributed by atoms with Crippen molar-refractivity contribution >= 4 is 23.3 Å². The number of nitrogens with one attached hydrogen (secondary N) is 1. The summed E-state index contributed by atoms with van der Waals surface area (Å²) in [6.45, 7) is 0. The Labute approximate surface area is 111 Å². The molecule has 3 unspecified atom stereocenters. The molecule has 3 atom stereocenters. The second kappa shape index (κ2) is 4.47. The summed E-state index contributed by atoms with van der Waals surface area (Å²) in [5.41, 5.74) is 1.67. The molecule has 1 saturated carbocycles. The number of benzene rings is 1. The fourth-order valence-corrected chi connectivity index (χ4v) is 3.66. The Hall–Kier alpha value is -1.22. The number of hydrogen-bond donors (Lipinski definition) is 2. The summed E-state index contributed by atoms with van der Waals surface area (Å²) in [4.78, 5) is 11.6. The molecule has 1 aromatic rings. The SMILES string of the molecule is O=C(O)C1c2cccc(Cl)c2NC2CCCCC21. The molecule has 1 fully saturated rings. The van der Waals surface area contributed by atoms with Gasteiger partial charge in [0.25, 0.3) is 0 Å². The maximum Gasteiger partial charge on any atom is 0.311 e. The number of aliphatic carboxylic acids is 1. The van der Waals surface area contributed by atoms with Crippen LogP contribution < -0.4 is 5.32 Å². The highest BCUT2D eigenvalue weighted by molar-refractivity contribution is 6.33. The lowest BCUT2D eigenvalue weighted by Crippen LogP contribution is -2.42. The molecular formula is C14H16ClNO2. The fourth-order valence-electron chi connectivity index (χ4n) is 3.42. The van der Waals surface area contributed by atoms with Crippen molar-refractivity contribution in [3.05, 3.63) is 28.8 Å². The number of fused-ring (bicyclic) bond motifs is 2. The van der Waals surface area contributed by atoms with Gasteiger partial charge in [-0.15, -0.1) is 0 Å². The van der Waals surface area contributed by atoms with Crippen LogP contribution in [0.4, 0.5) is 5.69 Å². The van der Waals surface area contributed by atoms with E-state index in [9.17, 15) is 9.90 Å². The highest BCUT2D eigenvalue weighted by Crippen LogP contribution is 2.46. The van der Waals surface area contributed by atoms with Crippen LogP contribution >= 0.6 is 11.6 Å². The van der Waals surface area contributed by atoms with Gasteiger partial charge in [-0.1, -0.05) is 36.6 Å². The normalized spacial score (nSPS) is 29.9. The van der Waals surface area contributed by atoms with Gasteiger partial charge in [-0.05, 0) is 30.4 Å². The predicted octanol–water partition coefficient (Wildman–Crippen LogP) is 3.49.